The molecule has 2 aromatic rings. The van der Waals surface area contributed by atoms with Gasteiger partial charge in [0.05, 0.1) is 13.5 Å². The van der Waals surface area contributed by atoms with Crippen LogP contribution in [0, 0.1) is 18.6 Å². The average Bonchev–Trinajstić information content (AvgIpc) is 2.68. The summed E-state index contributed by atoms with van der Waals surface area (Å²) in [6, 6.07) is 7.18. The molecule has 0 spiro atoms. The predicted octanol–water partition coefficient (Wildman–Crippen LogP) is 2.32. The summed E-state index contributed by atoms with van der Waals surface area (Å²) in [5.74, 6) is -2.86. The number of amides is 2. The summed E-state index contributed by atoms with van der Waals surface area (Å²) in [6.45, 7) is 3.37. The molecule has 0 saturated carbocycles. The molecule has 0 bridgehead atoms. The molecular weight excluding hydrogens is 430 g/mol. The number of likely N-dealkylation sites (tertiary alicyclic amines) is 1. The van der Waals surface area contributed by atoms with Gasteiger partial charge in [0.25, 0.3) is 15.9 Å². The van der Waals surface area contributed by atoms with E-state index in [-0.39, 0.29) is 29.2 Å². The van der Waals surface area contributed by atoms with Gasteiger partial charge >= 0.3 is 0 Å². The standard InChI is InChI=1S/C21H22F2N2O5S/c1-13-4-7-18(17(10-13)30-3)31(28,29)24-20(27)21(2)8-9-25(21)19(26)12-14-11-15(22)5-6-16(14)23/h4-7,10-11H,8-9,12H2,1-3H3,(H,24,27). The number of ether oxygens (including phenoxy) is 1. The van der Waals surface area contributed by atoms with Gasteiger partial charge in [-0.2, -0.15) is 0 Å². The number of methoxy groups -OCH3 is 1. The molecule has 2 aromatic carbocycles. The Morgan fingerprint density at radius 3 is 2.52 bits per heavy atom. The van der Waals surface area contributed by atoms with Crippen molar-refractivity contribution in [1.29, 1.82) is 0 Å². The van der Waals surface area contributed by atoms with Gasteiger partial charge in [-0.1, -0.05) is 6.07 Å². The number of halogens is 2. The number of nitrogens with one attached hydrogen (secondary N) is 1. The van der Waals surface area contributed by atoms with Gasteiger partial charge in [-0.05, 0) is 56.2 Å². The van der Waals surface area contributed by atoms with Crippen molar-refractivity contribution in [3.05, 3.63) is 59.2 Å². The number of carbonyl (C=O) groups is 2. The van der Waals surface area contributed by atoms with Gasteiger partial charge in [0.15, 0.2) is 0 Å². The van der Waals surface area contributed by atoms with Crippen molar-refractivity contribution in [1.82, 2.24) is 9.62 Å². The number of hydrogen-bond donors (Lipinski definition) is 1. The van der Waals surface area contributed by atoms with Crippen LogP contribution in [0.3, 0.4) is 0 Å². The maximum Gasteiger partial charge on any atom is 0.267 e. The lowest BCUT2D eigenvalue weighted by Gasteiger charge is -2.49. The summed E-state index contributed by atoms with van der Waals surface area (Å²) in [7, 11) is -2.96. The Hall–Kier alpha value is -3.01. The molecule has 1 heterocycles. The number of rotatable bonds is 6. The fourth-order valence-electron chi connectivity index (χ4n) is 3.42. The van der Waals surface area contributed by atoms with Crippen LogP contribution in [0.25, 0.3) is 0 Å². The normalized spacial score (nSPS) is 18.3. The Morgan fingerprint density at radius 2 is 1.90 bits per heavy atom. The van der Waals surface area contributed by atoms with Crippen LogP contribution in [0.4, 0.5) is 8.78 Å². The van der Waals surface area contributed by atoms with Crippen molar-refractivity contribution in [2.45, 2.75) is 37.1 Å². The molecule has 31 heavy (non-hydrogen) atoms. The molecule has 1 aliphatic rings. The van der Waals surface area contributed by atoms with E-state index in [0.29, 0.717) is 0 Å². The van der Waals surface area contributed by atoms with Crippen molar-refractivity contribution in [3.63, 3.8) is 0 Å². The molecule has 0 radical (unpaired) electrons. The molecule has 0 aliphatic carbocycles. The molecule has 10 heteroatoms. The van der Waals surface area contributed by atoms with E-state index in [4.69, 9.17) is 4.74 Å². The highest BCUT2D eigenvalue weighted by atomic mass is 32.2. The average molecular weight is 452 g/mol. The minimum Gasteiger partial charge on any atom is -0.495 e. The Morgan fingerprint density at radius 1 is 1.19 bits per heavy atom. The monoisotopic (exact) mass is 452 g/mol. The van der Waals surface area contributed by atoms with Crippen LogP contribution >= 0.6 is 0 Å². The lowest BCUT2D eigenvalue weighted by atomic mass is 9.85. The predicted molar refractivity (Wildman–Crippen MR) is 108 cm³/mol. The number of hydrogen-bond acceptors (Lipinski definition) is 5. The molecule has 1 N–H and O–H groups in total. The second kappa shape index (κ2) is 8.26. The minimum absolute atomic E-state index is 0.0774. The van der Waals surface area contributed by atoms with Gasteiger partial charge in [0.2, 0.25) is 5.91 Å². The summed E-state index contributed by atoms with van der Waals surface area (Å²) in [6.07, 6.45) is -0.234. The molecule has 2 amide bonds. The fraction of sp³-hybridized carbons (Fsp3) is 0.333. The van der Waals surface area contributed by atoms with Crippen molar-refractivity contribution in [2.24, 2.45) is 0 Å². The van der Waals surface area contributed by atoms with Gasteiger partial charge in [-0.25, -0.2) is 21.9 Å². The topological polar surface area (TPSA) is 92.8 Å². The van der Waals surface area contributed by atoms with Gasteiger partial charge in [-0.15, -0.1) is 0 Å². The maximum atomic E-state index is 13.9. The third-order valence-corrected chi connectivity index (χ3v) is 6.76. The van der Waals surface area contributed by atoms with E-state index in [1.54, 1.807) is 13.0 Å². The number of aryl methyl sites for hydroxylation is 1. The summed E-state index contributed by atoms with van der Waals surface area (Å²) < 4.78 is 59.9. The number of sulfonamides is 1. The third kappa shape index (κ3) is 4.39. The molecule has 7 nitrogen and oxygen atoms in total. The lowest BCUT2D eigenvalue weighted by Crippen LogP contribution is -2.68. The molecular formula is C21H22F2N2O5S. The second-order valence-electron chi connectivity index (χ2n) is 7.57. The summed E-state index contributed by atoms with van der Waals surface area (Å²) in [5, 5.41) is 0. The van der Waals surface area contributed by atoms with Gasteiger partial charge in [0, 0.05) is 12.1 Å². The first-order valence-electron chi connectivity index (χ1n) is 9.44. The van der Waals surface area contributed by atoms with E-state index < -0.39 is 45.4 Å². The Kier molecular flexibility index (Phi) is 6.04. The van der Waals surface area contributed by atoms with Crippen molar-refractivity contribution in [2.75, 3.05) is 13.7 Å². The van der Waals surface area contributed by atoms with Crippen LogP contribution in [0.1, 0.15) is 24.5 Å². The molecule has 1 fully saturated rings. The van der Waals surface area contributed by atoms with Crippen LogP contribution in [-0.4, -0.2) is 44.3 Å². The van der Waals surface area contributed by atoms with Gasteiger partial charge < -0.3 is 9.64 Å². The molecule has 1 atom stereocenters. The van der Waals surface area contributed by atoms with Crippen LogP contribution in [-0.2, 0) is 26.0 Å². The van der Waals surface area contributed by atoms with Crippen LogP contribution in [0.5, 0.6) is 5.75 Å². The quantitative estimate of drug-likeness (QED) is 0.726. The summed E-state index contributed by atoms with van der Waals surface area (Å²) >= 11 is 0. The zero-order valence-corrected chi connectivity index (χ0v) is 18.1. The first-order valence-corrected chi connectivity index (χ1v) is 10.9. The Balaban J connectivity index is 1.78. The molecule has 3 rings (SSSR count). The first-order chi connectivity index (χ1) is 14.5. The summed E-state index contributed by atoms with van der Waals surface area (Å²) in [5.41, 5.74) is -0.808. The molecule has 1 unspecified atom stereocenters. The van der Waals surface area contributed by atoms with Crippen LogP contribution in [0.15, 0.2) is 41.3 Å². The van der Waals surface area contributed by atoms with Crippen LogP contribution in [0.2, 0.25) is 0 Å². The SMILES string of the molecule is COc1cc(C)ccc1S(=O)(=O)NC(=O)C1(C)CCN1C(=O)Cc1cc(F)ccc1F. The number of carbonyl (C=O) groups excluding carboxylic acids is 2. The van der Waals surface area contributed by atoms with E-state index in [9.17, 15) is 26.8 Å². The van der Waals surface area contributed by atoms with Crippen molar-refractivity contribution in [3.8, 4) is 5.75 Å². The Labute approximate surface area is 179 Å². The number of nitrogens with zero attached hydrogens (tertiary/aromatic N) is 1. The maximum absolute atomic E-state index is 13.9. The highest BCUT2D eigenvalue weighted by Gasteiger charge is 2.50. The minimum atomic E-state index is -4.27. The van der Waals surface area contributed by atoms with E-state index in [1.807, 2.05) is 4.72 Å². The lowest BCUT2D eigenvalue weighted by molar-refractivity contribution is -0.156. The molecule has 0 aromatic heterocycles. The zero-order valence-electron chi connectivity index (χ0n) is 17.2. The van der Waals surface area contributed by atoms with Gasteiger partial charge in [-0.3, -0.25) is 9.59 Å². The van der Waals surface area contributed by atoms with Crippen molar-refractivity contribution >= 4 is 21.8 Å². The summed E-state index contributed by atoms with van der Waals surface area (Å²) in [4.78, 5) is 26.4. The number of benzene rings is 2. The first kappa shape index (κ1) is 22.7. The smallest absolute Gasteiger partial charge is 0.267 e. The molecule has 166 valence electrons. The molecule has 1 saturated heterocycles. The highest BCUT2D eigenvalue weighted by Crippen LogP contribution is 2.33. The zero-order chi connectivity index (χ0) is 23.0. The van der Waals surface area contributed by atoms with E-state index >= 15 is 0 Å². The third-order valence-electron chi connectivity index (χ3n) is 5.39. The molecule has 1 aliphatic heterocycles. The van der Waals surface area contributed by atoms with Crippen molar-refractivity contribution < 1.29 is 31.5 Å². The van der Waals surface area contributed by atoms with E-state index in [2.05, 4.69) is 0 Å². The van der Waals surface area contributed by atoms with Crippen LogP contribution < -0.4 is 9.46 Å². The fourth-order valence-corrected chi connectivity index (χ4v) is 4.64. The second-order valence-corrected chi connectivity index (χ2v) is 9.22. The highest BCUT2D eigenvalue weighted by molar-refractivity contribution is 7.90. The largest absolute Gasteiger partial charge is 0.495 e. The Bertz CT molecular complexity index is 1150. The van der Waals surface area contributed by atoms with Gasteiger partial charge in [0.1, 0.15) is 27.8 Å². The van der Waals surface area contributed by atoms with E-state index in [1.165, 1.54) is 26.2 Å². The van der Waals surface area contributed by atoms with E-state index in [0.717, 1.165) is 28.7 Å².